The highest BCUT2D eigenvalue weighted by molar-refractivity contribution is 4.88. The standard InChI is InChI=1S/C7H14O6/c1-12-6-5(10)4(9)3(2-8)13-7(6)11/h3-11H,2H2,1H3/t3-,4-,5-,6-,7+/m1/s1. The molecule has 1 saturated heterocycles. The van der Waals surface area contributed by atoms with Crippen LogP contribution in [0.25, 0.3) is 0 Å². The van der Waals surface area contributed by atoms with E-state index in [1.54, 1.807) is 0 Å². The highest BCUT2D eigenvalue weighted by Crippen LogP contribution is 2.21. The zero-order chi connectivity index (χ0) is 10.0. The summed E-state index contributed by atoms with van der Waals surface area (Å²) in [6.07, 6.45) is -5.81. The van der Waals surface area contributed by atoms with Crippen LogP contribution in [0.2, 0.25) is 0 Å². The van der Waals surface area contributed by atoms with Crippen molar-refractivity contribution in [1.29, 1.82) is 0 Å². The number of ether oxygens (including phenoxy) is 2. The smallest absolute Gasteiger partial charge is 0.184 e. The quantitative estimate of drug-likeness (QED) is 0.386. The second kappa shape index (κ2) is 4.32. The van der Waals surface area contributed by atoms with Gasteiger partial charge in [-0.25, -0.2) is 0 Å². The average Bonchev–Trinajstić information content (AvgIpc) is 2.12. The molecule has 0 aromatic rings. The summed E-state index contributed by atoms with van der Waals surface area (Å²) in [5.74, 6) is 0. The Labute approximate surface area is 75.3 Å². The van der Waals surface area contributed by atoms with E-state index in [1.807, 2.05) is 0 Å². The molecular formula is C7H14O6. The lowest BCUT2D eigenvalue weighted by Gasteiger charge is -2.39. The molecule has 5 atom stereocenters. The Morgan fingerprint density at radius 2 is 1.85 bits per heavy atom. The first-order chi connectivity index (χ1) is 6.11. The zero-order valence-electron chi connectivity index (χ0n) is 7.20. The fourth-order valence-corrected chi connectivity index (χ4v) is 1.33. The molecule has 6 nitrogen and oxygen atoms in total. The lowest BCUT2D eigenvalue weighted by Crippen LogP contribution is -2.59. The molecule has 0 radical (unpaired) electrons. The molecule has 78 valence electrons. The van der Waals surface area contributed by atoms with E-state index in [9.17, 15) is 15.3 Å². The Bertz CT molecular complexity index is 163. The predicted octanol–water partition coefficient (Wildman–Crippen LogP) is -2.57. The van der Waals surface area contributed by atoms with E-state index in [1.165, 1.54) is 7.11 Å². The first-order valence-electron chi connectivity index (χ1n) is 3.95. The lowest BCUT2D eigenvalue weighted by molar-refractivity contribution is -0.291. The van der Waals surface area contributed by atoms with Gasteiger partial charge in [0.15, 0.2) is 6.29 Å². The van der Waals surface area contributed by atoms with Crippen LogP contribution >= 0.6 is 0 Å². The summed E-state index contributed by atoms with van der Waals surface area (Å²) in [5.41, 5.74) is 0. The van der Waals surface area contributed by atoms with Crippen molar-refractivity contribution in [3.8, 4) is 0 Å². The van der Waals surface area contributed by atoms with Crippen LogP contribution in [0.1, 0.15) is 0 Å². The van der Waals surface area contributed by atoms with Crippen LogP contribution in [0.5, 0.6) is 0 Å². The van der Waals surface area contributed by atoms with Crippen LogP contribution in [0.15, 0.2) is 0 Å². The number of hydrogen-bond donors (Lipinski definition) is 4. The minimum absolute atomic E-state index is 0.467. The monoisotopic (exact) mass is 194 g/mol. The first-order valence-corrected chi connectivity index (χ1v) is 3.95. The van der Waals surface area contributed by atoms with Gasteiger partial charge in [-0.3, -0.25) is 0 Å². The maximum atomic E-state index is 9.38. The third kappa shape index (κ3) is 1.98. The molecule has 13 heavy (non-hydrogen) atoms. The molecule has 1 heterocycles. The fourth-order valence-electron chi connectivity index (χ4n) is 1.33. The Hall–Kier alpha value is -0.240. The molecule has 6 heteroatoms. The molecular weight excluding hydrogens is 180 g/mol. The largest absolute Gasteiger partial charge is 0.394 e. The Kier molecular flexibility index (Phi) is 3.60. The molecule has 4 N–H and O–H groups in total. The van der Waals surface area contributed by atoms with Crippen LogP contribution < -0.4 is 0 Å². The van der Waals surface area contributed by atoms with Gasteiger partial charge in [-0.2, -0.15) is 0 Å². The summed E-state index contributed by atoms with van der Waals surface area (Å²) < 4.78 is 9.50. The molecule has 0 bridgehead atoms. The van der Waals surface area contributed by atoms with Crippen LogP contribution in [0, 0.1) is 0 Å². The van der Waals surface area contributed by atoms with Crippen LogP contribution in [-0.2, 0) is 9.47 Å². The van der Waals surface area contributed by atoms with Gasteiger partial charge in [0.05, 0.1) is 6.61 Å². The molecule has 0 aromatic heterocycles. The molecule has 0 unspecified atom stereocenters. The van der Waals surface area contributed by atoms with E-state index in [-0.39, 0.29) is 0 Å². The van der Waals surface area contributed by atoms with Crippen LogP contribution in [0.4, 0.5) is 0 Å². The molecule has 0 aliphatic carbocycles. The molecule has 1 aliphatic rings. The molecule has 0 spiro atoms. The summed E-state index contributed by atoms with van der Waals surface area (Å²) in [7, 11) is 1.28. The van der Waals surface area contributed by atoms with Gasteiger partial charge in [-0.05, 0) is 0 Å². The van der Waals surface area contributed by atoms with Crippen molar-refractivity contribution in [2.75, 3.05) is 13.7 Å². The number of aliphatic hydroxyl groups excluding tert-OH is 4. The number of hydrogen-bond acceptors (Lipinski definition) is 6. The maximum absolute atomic E-state index is 9.38. The highest BCUT2D eigenvalue weighted by Gasteiger charge is 2.43. The zero-order valence-corrected chi connectivity index (χ0v) is 7.20. The van der Waals surface area contributed by atoms with E-state index in [4.69, 9.17) is 14.6 Å². The van der Waals surface area contributed by atoms with E-state index in [2.05, 4.69) is 0 Å². The van der Waals surface area contributed by atoms with Gasteiger partial charge in [0.25, 0.3) is 0 Å². The lowest BCUT2D eigenvalue weighted by atomic mass is 9.99. The second-order valence-electron chi connectivity index (χ2n) is 2.93. The SMILES string of the molecule is CO[C@@H]1[C@H](O)[C@H](O)[C@@H](CO)O[C@@H]1O. The summed E-state index contributed by atoms with van der Waals surface area (Å²) in [4.78, 5) is 0. The molecule has 1 rings (SSSR count). The van der Waals surface area contributed by atoms with Gasteiger partial charge in [0.2, 0.25) is 0 Å². The van der Waals surface area contributed by atoms with E-state index >= 15 is 0 Å². The van der Waals surface area contributed by atoms with Crippen LogP contribution in [-0.4, -0.2) is 64.8 Å². The summed E-state index contributed by atoms with van der Waals surface area (Å²) in [6.45, 7) is -0.467. The number of rotatable bonds is 2. The van der Waals surface area contributed by atoms with Crippen molar-refractivity contribution in [3.63, 3.8) is 0 Å². The third-order valence-corrected chi connectivity index (χ3v) is 2.11. The minimum Gasteiger partial charge on any atom is -0.394 e. The Morgan fingerprint density at radius 1 is 1.23 bits per heavy atom. The van der Waals surface area contributed by atoms with Gasteiger partial charge in [-0.15, -0.1) is 0 Å². The first kappa shape index (κ1) is 10.8. The maximum Gasteiger partial charge on any atom is 0.184 e. The Morgan fingerprint density at radius 3 is 2.31 bits per heavy atom. The number of aliphatic hydroxyl groups is 4. The van der Waals surface area contributed by atoms with Gasteiger partial charge >= 0.3 is 0 Å². The van der Waals surface area contributed by atoms with Crippen LogP contribution in [0.3, 0.4) is 0 Å². The number of methoxy groups -OCH3 is 1. The topological polar surface area (TPSA) is 99.4 Å². The predicted molar refractivity (Wildman–Crippen MR) is 40.8 cm³/mol. The highest BCUT2D eigenvalue weighted by atomic mass is 16.7. The molecule has 0 aromatic carbocycles. The minimum atomic E-state index is -1.33. The van der Waals surface area contributed by atoms with Gasteiger partial charge < -0.3 is 29.9 Å². The van der Waals surface area contributed by atoms with Crippen molar-refractivity contribution in [1.82, 2.24) is 0 Å². The fraction of sp³-hybridized carbons (Fsp3) is 1.00. The van der Waals surface area contributed by atoms with E-state index in [0.717, 1.165) is 0 Å². The molecule has 0 amide bonds. The summed E-state index contributed by atoms with van der Waals surface area (Å²) in [5, 5.41) is 36.7. The van der Waals surface area contributed by atoms with Crippen molar-refractivity contribution < 1.29 is 29.9 Å². The van der Waals surface area contributed by atoms with Crippen molar-refractivity contribution in [2.24, 2.45) is 0 Å². The van der Waals surface area contributed by atoms with E-state index < -0.39 is 37.3 Å². The van der Waals surface area contributed by atoms with Gasteiger partial charge in [0, 0.05) is 7.11 Å². The van der Waals surface area contributed by atoms with Crippen molar-refractivity contribution in [2.45, 2.75) is 30.7 Å². The average molecular weight is 194 g/mol. The van der Waals surface area contributed by atoms with Gasteiger partial charge in [0.1, 0.15) is 24.4 Å². The summed E-state index contributed by atoms with van der Waals surface area (Å²) in [6, 6.07) is 0. The van der Waals surface area contributed by atoms with Gasteiger partial charge in [-0.1, -0.05) is 0 Å². The summed E-state index contributed by atoms with van der Waals surface area (Å²) >= 11 is 0. The van der Waals surface area contributed by atoms with Crippen molar-refractivity contribution >= 4 is 0 Å². The third-order valence-electron chi connectivity index (χ3n) is 2.11. The molecule has 1 aliphatic heterocycles. The molecule has 1 fully saturated rings. The molecule has 0 saturated carbocycles. The normalized spacial score (nSPS) is 46.4. The Balaban J connectivity index is 2.66. The van der Waals surface area contributed by atoms with Crippen molar-refractivity contribution in [3.05, 3.63) is 0 Å². The second-order valence-corrected chi connectivity index (χ2v) is 2.93. The van der Waals surface area contributed by atoms with E-state index in [0.29, 0.717) is 0 Å².